The number of rotatable bonds is 3. The lowest BCUT2D eigenvalue weighted by molar-refractivity contribution is -0.116. The standard InChI is InChI=1S/C25H20ClNO4/c1-15(28)27-14-19-12-17(21-4-3-5-23(31-2)24(21)25(29)30)8-6-16(19)7-9-18-13-20(26)10-11-22(18)27/h3-13H,14H2,1-2H3,(H,29,30). The van der Waals surface area contributed by atoms with E-state index in [0.717, 1.165) is 27.9 Å². The number of carboxylic acid groups (broad SMARTS) is 1. The number of benzene rings is 3. The Hall–Kier alpha value is -3.57. The van der Waals surface area contributed by atoms with Crippen LogP contribution in [0.4, 0.5) is 5.69 Å². The molecule has 0 spiro atoms. The Balaban J connectivity index is 1.87. The highest BCUT2D eigenvalue weighted by molar-refractivity contribution is 6.30. The molecule has 5 nitrogen and oxygen atoms in total. The van der Waals surface area contributed by atoms with E-state index >= 15 is 0 Å². The predicted molar refractivity (Wildman–Crippen MR) is 123 cm³/mol. The summed E-state index contributed by atoms with van der Waals surface area (Å²) >= 11 is 6.16. The number of anilines is 1. The number of hydrogen-bond donors (Lipinski definition) is 1. The minimum Gasteiger partial charge on any atom is -0.496 e. The molecule has 1 heterocycles. The van der Waals surface area contributed by atoms with Crippen molar-refractivity contribution in [3.8, 4) is 16.9 Å². The first kappa shape index (κ1) is 20.7. The number of nitrogens with zero attached hydrogens (tertiary/aromatic N) is 1. The number of carbonyl (C=O) groups is 2. The summed E-state index contributed by atoms with van der Waals surface area (Å²) in [5.74, 6) is -0.856. The van der Waals surface area contributed by atoms with Crippen LogP contribution < -0.4 is 9.64 Å². The number of aromatic carboxylic acids is 1. The maximum absolute atomic E-state index is 12.5. The van der Waals surface area contributed by atoms with E-state index in [9.17, 15) is 14.7 Å². The zero-order valence-corrected chi connectivity index (χ0v) is 17.8. The number of methoxy groups -OCH3 is 1. The second kappa shape index (κ2) is 8.28. The molecule has 1 N–H and O–H groups in total. The van der Waals surface area contributed by atoms with Crippen LogP contribution in [0.3, 0.4) is 0 Å². The van der Waals surface area contributed by atoms with Gasteiger partial charge in [0.15, 0.2) is 0 Å². The highest BCUT2D eigenvalue weighted by Gasteiger charge is 2.21. The highest BCUT2D eigenvalue weighted by atomic mass is 35.5. The van der Waals surface area contributed by atoms with Crippen LogP contribution in [0.1, 0.15) is 34.0 Å². The normalized spacial score (nSPS) is 12.4. The molecule has 0 saturated heterocycles. The smallest absolute Gasteiger partial charge is 0.340 e. The molecule has 0 aromatic heterocycles. The molecular weight excluding hydrogens is 414 g/mol. The minimum absolute atomic E-state index is 0.0946. The Morgan fingerprint density at radius 1 is 1.03 bits per heavy atom. The van der Waals surface area contributed by atoms with Crippen LogP contribution in [-0.4, -0.2) is 24.1 Å². The predicted octanol–water partition coefficient (Wildman–Crippen LogP) is 5.75. The van der Waals surface area contributed by atoms with Gasteiger partial charge in [0, 0.05) is 11.9 Å². The van der Waals surface area contributed by atoms with Crippen molar-refractivity contribution in [1.82, 2.24) is 0 Å². The second-order valence-corrected chi connectivity index (χ2v) is 7.68. The molecule has 1 amide bonds. The van der Waals surface area contributed by atoms with Gasteiger partial charge in [-0.25, -0.2) is 4.79 Å². The quantitative estimate of drug-likeness (QED) is 0.571. The van der Waals surface area contributed by atoms with Crippen molar-refractivity contribution in [2.75, 3.05) is 12.0 Å². The van der Waals surface area contributed by atoms with Gasteiger partial charge in [0.1, 0.15) is 11.3 Å². The number of halogens is 1. The van der Waals surface area contributed by atoms with Crippen LogP contribution in [0.25, 0.3) is 23.3 Å². The summed E-state index contributed by atoms with van der Waals surface area (Å²) in [5.41, 5.74) is 4.89. The van der Waals surface area contributed by atoms with Gasteiger partial charge in [-0.1, -0.05) is 48.0 Å². The van der Waals surface area contributed by atoms with Gasteiger partial charge < -0.3 is 14.7 Å². The van der Waals surface area contributed by atoms with E-state index in [0.29, 0.717) is 22.9 Å². The fourth-order valence-electron chi connectivity index (χ4n) is 3.86. The molecule has 156 valence electrons. The Morgan fingerprint density at radius 2 is 1.81 bits per heavy atom. The lowest BCUT2D eigenvalue weighted by Gasteiger charge is -2.26. The Labute approximate surface area is 185 Å². The number of hydrogen-bond acceptors (Lipinski definition) is 3. The van der Waals surface area contributed by atoms with E-state index in [1.807, 2.05) is 42.5 Å². The number of carboxylic acids is 1. The molecule has 0 radical (unpaired) electrons. The van der Waals surface area contributed by atoms with Crippen molar-refractivity contribution < 1.29 is 19.4 Å². The topological polar surface area (TPSA) is 66.8 Å². The first-order chi connectivity index (χ1) is 14.9. The summed E-state index contributed by atoms with van der Waals surface area (Å²) in [7, 11) is 1.45. The van der Waals surface area contributed by atoms with Crippen LogP contribution in [0, 0.1) is 0 Å². The van der Waals surface area contributed by atoms with Gasteiger partial charge in [0.2, 0.25) is 5.91 Å². The third-order valence-corrected chi connectivity index (χ3v) is 5.58. The van der Waals surface area contributed by atoms with Crippen molar-refractivity contribution >= 4 is 41.3 Å². The van der Waals surface area contributed by atoms with Gasteiger partial charge in [-0.3, -0.25) is 4.79 Å². The lowest BCUT2D eigenvalue weighted by atomic mass is 9.93. The summed E-state index contributed by atoms with van der Waals surface area (Å²) in [6, 6.07) is 16.3. The van der Waals surface area contributed by atoms with Crippen LogP contribution in [0.5, 0.6) is 5.75 Å². The van der Waals surface area contributed by atoms with Crippen molar-refractivity contribution in [2.24, 2.45) is 0 Å². The number of amides is 1. The Kier molecular flexibility index (Phi) is 5.53. The molecule has 0 aliphatic carbocycles. The van der Waals surface area contributed by atoms with Crippen LogP contribution in [-0.2, 0) is 11.3 Å². The van der Waals surface area contributed by atoms with Gasteiger partial charge in [-0.15, -0.1) is 0 Å². The summed E-state index contributed by atoms with van der Waals surface area (Å²) < 4.78 is 5.26. The fourth-order valence-corrected chi connectivity index (χ4v) is 4.04. The second-order valence-electron chi connectivity index (χ2n) is 7.24. The van der Waals surface area contributed by atoms with E-state index < -0.39 is 5.97 Å². The van der Waals surface area contributed by atoms with E-state index in [4.69, 9.17) is 16.3 Å². The van der Waals surface area contributed by atoms with Crippen molar-refractivity contribution in [3.63, 3.8) is 0 Å². The molecule has 0 saturated carbocycles. The summed E-state index contributed by atoms with van der Waals surface area (Å²) in [6.07, 6.45) is 3.92. The molecule has 4 rings (SSSR count). The molecule has 1 aliphatic heterocycles. The molecule has 0 atom stereocenters. The van der Waals surface area contributed by atoms with Gasteiger partial charge >= 0.3 is 5.97 Å². The van der Waals surface area contributed by atoms with Gasteiger partial charge in [0.05, 0.1) is 19.3 Å². The molecule has 3 aromatic carbocycles. The van der Waals surface area contributed by atoms with Crippen molar-refractivity contribution in [1.29, 1.82) is 0 Å². The number of fused-ring (bicyclic) bond motifs is 2. The van der Waals surface area contributed by atoms with Crippen molar-refractivity contribution in [2.45, 2.75) is 13.5 Å². The molecule has 31 heavy (non-hydrogen) atoms. The average molecular weight is 434 g/mol. The van der Waals surface area contributed by atoms with Crippen LogP contribution in [0.2, 0.25) is 5.02 Å². The molecular formula is C25H20ClNO4. The lowest BCUT2D eigenvalue weighted by Crippen LogP contribution is -2.29. The van der Waals surface area contributed by atoms with E-state index in [1.54, 1.807) is 29.2 Å². The third kappa shape index (κ3) is 3.92. The van der Waals surface area contributed by atoms with Crippen LogP contribution in [0.15, 0.2) is 54.6 Å². The van der Waals surface area contributed by atoms with E-state index in [2.05, 4.69) is 0 Å². The largest absolute Gasteiger partial charge is 0.496 e. The van der Waals surface area contributed by atoms with Crippen LogP contribution >= 0.6 is 11.6 Å². The maximum Gasteiger partial charge on any atom is 0.340 e. The fraction of sp³-hybridized carbons (Fsp3) is 0.120. The zero-order chi connectivity index (χ0) is 22.1. The zero-order valence-electron chi connectivity index (χ0n) is 17.1. The Bertz CT molecular complexity index is 1230. The summed E-state index contributed by atoms with van der Waals surface area (Å²) in [5, 5.41) is 10.4. The summed E-state index contributed by atoms with van der Waals surface area (Å²) in [4.78, 5) is 26.1. The SMILES string of the molecule is COc1cccc(-c2ccc3c(c2)CN(C(C)=O)c2ccc(Cl)cc2C=C3)c1C(=O)O. The number of ether oxygens (including phenoxy) is 1. The van der Waals surface area contributed by atoms with E-state index in [-0.39, 0.29) is 11.5 Å². The molecule has 0 unspecified atom stereocenters. The first-order valence-corrected chi connectivity index (χ1v) is 10.1. The number of carbonyl (C=O) groups excluding carboxylic acids is 1. The average Bonchev–Trinajstić information content (AvgIpc) is 2.74. The van der Waals surface area contributed by atoms with Crippen molar-refractivity contribution in [3.05, 3.63) is 81.9 Å². The molecule has 1 aliphatic rings. The first-order valence-electron chi connectivity index (χ1n) is 9.68. The maximum atomic E-state index is 12.5. The Morgan fingerprint density at radius 3 is 2.52 bits per heavy atom. The van der Waals surface area contributed by atoms with Gasteiger partial charge in [0.25, 0.3) is 0 Å². The molecule has 3 aromatic rings. The third-order valence-electron chi connectivity index (χ3n) is 5.35. The minimum atomic E-state index is -1.06. The highest BCUT2D eigenvalue weighted by Crippen LogP contribution is 2.35. The monoisotopic (exact) mass is 433 g/mol. The molecule has 0 bridgehead atoms. The summed E-state index contributed by atoms with van der Waals surface area (Å²) in [6.45, 7) is 1.88. The molecule has 6 heteroatoms. The van der Waals surface area contributed by atoms with E-state index in [1.165, 1.54) is 14.0 Å². The van der Waals surface area contributed by atoms with Gasteiger partial charge in [-0.2, -0.15) is 0 Å². The molecule has 0 fully saturated rings. The van der Waals surface area contributed by atoms with Gasteiger partial charge in [-0.05, 0) is 58.1 Å².